The molecule has 0 bridgehead atoms. The number of hydrogen-bond acceptors (Lipinski definition) is 2. The van der Waals surface area contributed by atoms with Gasteiger partial charge in [-0.05, 0) is 25.3 Å². The van der Waals surface area contributed by atoms with E-state index in [1.54, 1.807) is 0 Å². The van der Waals surface area contributed by atoms with Crippen LogP contribution in [0.5, 0.6) is 0 Å². The molecule has 2 rings (SSSR count). The maximum atomic E-state index is 9.31. The van der Waals surface area contributed by atoms with Gasteiger partial charge in [-0.2, -0.15) is 0 Å². The first-order valence-electron chi connectivity index (χ1n) is 5.82. The van der Waals surface area contributed by atoms with Crippen LogP contribution in [-0.4, -0.2) is 17.7 Å². The molecule has 0 saturated carbocycles. The first-order valence-corrected chi connectivity index (χ1v) is 5.82. The molecule has 1 aliphatic rings. The van der Waals surface area contributed by atoms with E-state index < -0.39 is 0 Å². The third kappa shape index (κ3) is 2.00. The molecule has 0 aliphatic carbocycles. The van der Waals surface area contributed by atoms with Crippen molar-refractivity contribution < 1.29 is 5.11 Å². The number of nitrogens with zero attached hydrogens (tertiary/aromatic N) is 1. The molecule has 1 unspecified atom stereocenters. The predicted octanol–water partition coefficient (Wildman–Crippen LogP) is 2.56. The fraction of sp³-hybridized carbons (Fsp3) is 0.538. The van der Waals surface area contributed by atoms with Crippen LogP contribution in [0.15, 0.2) is 24.3 Å². The van der Waals surface area contributed by atoms with Crippen molar-refractivity contribution in [3.05, 3.63) is 29.8 Å². The summed E-state index contributed by atoms with van der Waals surface area (Å²) in [5.41, 5.74) is 2.28. The Balaban J connectivity index is 2.27. The van der Waals surface area contributed by atoms with Crippen LogP contribution in [0.4, 0.5) is 5.69 Å². The average Bonchev–Trinajstić information content (AvgIpc) is 2.76. The average molecular weight is 205 g/mol. The third-order valence-corrected chi connectivity index (χ3v) is 3.32. The second-order valence-corrected chi connectivity index (χ2v) is 4.18. The van der Waals surface area contributed by atoms with Gasteiger partial charge in [0, 0.05) is 23.8 Å². The van der Waals surface area contributed by atoms with Crippen molar-refractivity contribution >= 4 is 5.69 Å². The second kappa shape index (κ2) is 4.67. The van der Waals surface area contributed by atoms with Gasteiger partial charge in [-0.3, -0.25) is 0 Å². The summed E-state index contributed by atoms with van der Waals surface area (Å²) in [6.45, 7) is 3.52. The molecule has 1 aromatic carbocycles. The minimum atomic E-state index is 0.142. The lowest BCUT2D eigenvalue weighted by Gasteiger charge is -2.27. The number of benzene rings is 1. The monoisotopic (exact) mass is 205 g/mol. The fourth-order valence-electron chi connectivity index (χ4n) is 2.50. The number of hydrogen-bond donors (Lipinski definition) is 1. The van der Waals surface area contributed by atoms with E-state index in [1.165, 1.54) is 24.9 Å². The van der Waals surface area contributed by atoms with Crippen LogP contribution in [0.3, 0.4) is 0 Å². The summed E-state index contributed by atoms with van der Waals surface area (Å²) in [7, 11) is 0. The first-order chi connectivity index (χ1) is 7.36. The van der Waals surface area contributed by atoms with Crippen molar-refractivity contribution in [2.24, 2.45) is 0 Å². The van der Waals surface area contributed by atoms with Crippen molar-refractivity contribution in [3.8, 4) is 0 Å². The largest absolute Gasteiger partial charge is 0.392 e. The maximum Gasteiger partial charge on any atom is 0.0702 e. The van der Waals surface area contributed by atoms with Gasteiger partial charge < -0.3 is 10.0 Å². The third-order valence-electron chi connectivity index (χ3n) is 3.32. The van der Waals surface area contributed by atoms with Gasteiger partial charge in [0.15, 0.2) is 0 Å². The second-order valence-electron chi connectivity index (χ2n) is 4.18. The van der Waals surface area contributed by atoms with Crippen LogP contribution in [0, 0.1) is 0 Å². The Labute approximate surface area is 91.5 Å². The summed E-state index contributed by atoms with van der Waals surface area (Å²) < 4.78 is 0. The zero-order valence-corrected chi connectivity index (χ0v) is 9.32. The zero-order chi connectivity index (χ0) is 10.7. The van der Waals surface area contributed by atoms with Gasteiger partial charge in [-0.25, -0.2) is 0 Å². The number of aliphatic hydroxyl groups is 1. The highest BCUT2D eigenvalue weighted by atomic mass is 16.3. The molecule has 1 aromatic rings. The fourth-order valence-corrected chi connectivity index (χ4v) is 2.50. The van der Waals surface area contributed by atoms with Gasteiger partial charge in [-0.1, -0.05) is 25.1 Å². The summed E-state index contributed by atoms with van der Waals surface area (Å²) in [6, 6.07) is 8.85. The minimum absolute atomic E-state index is 0.142. The summed E-state index contributed by atoms with van der Waals surface area (Å²) in [6.07, 6.45) is 3.76. The lowest BCUT2D eigenvalue weighted by Crippen LogP contribution is -2.29. The van der Waals surface area contributed by atoms with Crippen LogP contribution in [-0.2, 0) is 6.61 Å². The molecule has 82 valence electrons. The summed E-state index contributed by atoms with van der Waals surface area (Å²) in [4.78, 5) is 2.45. The molecule has 2 nitrogen and oxygen atoms in total. The van der Waals surface area contributed by atoms with Crippen LogP contribution in [0.25, 0.3) is 0 Å². The van der Waals surface area contributed by atoms with Gasteiger partial charge in [0.25, 0.3) is 0 Å². The van der Waals surface area contributed by atoms with E-state index in [0.717, 1.165) is 12.1 Å². The van der Waals surface area contributed by atoms with Gasteiger partial charge >= 0.3 is 0 Å². The molecule has 1 atom stereocenters. The Morgan fingerprint density at radius 3 is 2.93 bits per heavy atom. The lowest BCUT2D eigenvalue weighted by atomic mass is 10.1. The molecule has 15 heavy (non-hydrogen) atoms. The number of anilines is 1. The molecule has 2 heteroatoms. The molecule has 0 aromatic heterocycles. The van der Waals surface area contributed by atoms with E-state index >= 15 is 0 Å². The van der Waals surface area contributed by atoms with Gasteiger partial charge in [-0.15, -0.1) is 0 Å². The molecule has 0 spiro atoms. The number of rotatable bonds is 3. The van der Waals surface area contributed by atoms with E-state index in [9.17, 15) is 5.11 Å². The molecule has 0 radical (unpaired) electrons. The quantitative estimate of drug-likeness (QED) is 0.819. The molecular formula is C13H19NO. The Hall–Kier alpha value is -1.02. The van der Waals surface area contributed by atoms with Crippen molar-refractivity contribution in [2.75, 3.05) is 11.4 Å². The normalized spacial score (nSPS) is 20.9. The van der Waals surface area contributed by atoms with Crippen molar-refractivity contribution in [1.29, 1.82) is 0 Å². The SMILES string of the molecule is CCC1CCCN1c1ccccc1CO. The topological polar surface area (TPSA) is 23.5 Å². The van der Waals surface area contributed by atoms with Gasteiger partial charge in [0.2, 0.25) is 0 Å². The highest BCUT2D eigenvalue weighted by molar-refractivity contribution is 5.54. The number of para-hydroxylation sites is 1. The van der Waals surface area contributed by atoms with E-state index in [0.29, 0.717) is 6.04 Å². The van der Waals surface area contributed by atoms with E-state index in [4.69, 9.17) is 0 Å². The Morgan fingerprint density at radius 1 is 1.40 bits per heavy atom. The first kappa shape index (κ1) is 10.5. The predicted molar refractivity (Wildman–Crippen MR) is 63.0 cm³/mol. The lowest BCUT2D eigenvalue weighted by molar-refractivity contribution is 0.282. The molecule has 1 heterocycles. The van der Waals surface area contributed by atoms with Crippen molar-refractivity contribution in [2.45, 2.75) is 38.8 Å². The molecule has 1 saturated heterocycles. The summed E-state index contributed by atoms with van der Waals surface area (Å²) in [5.74, 6) is 0. The molecular weight excluding hydrogens is 186 g/mol. The van der Waals surface area contributed by atoms with Crippen LogP contribution >= 0.6 is 0 Å². The van der Waals surface area contributed by atoms with Crippen LogP contribution in [0.1, 0.15) is 31.7 Å². The van der Waals surface area contributed by atoms with Gasteiger partial charge in [0.05, 0.1) is 6.61 Å². The highest BCUT2D eigenvalue weighted by Gasteiger charge is 2.24. The standard InChI is InChI=1S/C13H19NO/c1-2-12-7-5-9-14(12)13-8-4-3-6-11(13)10-15/h3-4,6,8,12,15H,2,5,7,9-10H2,1H3. The highest BCUT2D eigenvalue weighted by Crippen LogP contribution is 2.29. The van der Waals surface area contributed by atoms with Crippen molar-refractivity contribution in [1.82, 2.24) is 0 Å². The molecule has 0 amide bonds. The molecule has 1 aliphatic heterocycles. The van der Waals surface area contributed by atoms with Crippen LogP contribution < -0.4 is 4.90 Å². The maximum absolute atomic E-state index is 9.31. The number of aliphatic hydroxyl groups excluding tert-OH is 1. The van der Waals surface area contributed by atoms with Gasteiger partial charge in [0.1, 0.15) is 0 Å². The van der Waals surface area contributed by atoms with Crippen molar-refractivity contribution in [3.63, 3.8) is 0 Å². The summed E-state index contributed by atoms with van der Waals surface area (Å²) in [5, 5.41) is 9.31. The van der Waals surface area contributed by atoms with E-state index in [-0.39, 0.29) is 6.61 Å². The minimum Gasteiger partial charge on any atom is -0.392 e. The Kier molecular flexibility index (Phi) is 3.27. The van der Waals surface area contributed by atoms with E-state index in [2.05, 4.69) is 24.0 Å². The smallest absolute Gasteiger partial charge is 0.0702 e. The Bertz CT molecular complexity index is 324. The molecule has 1 N–H and O–H groups in total. The molecule has 1 fully saturated rings. The summed E-state index contributed by atoms with van der Waals surface area (Å²) >= 11 is 0. The van der Waals surface area contributed by atoms with Crippen LogP contribution in [0.2, 0.25) is 0 Å². The van der Waals surface area contributed by atoms with E-state index in [1.807, 2.05) is 12.1 Å². The Morgan fingerprint density at radius 2 is 2.20 bits per heavy atom. The zero-order valence-electron chi connectivity index (χ0n) is 9.32.